The summed E-state index contributed by atoms with van der Waals surface area (Å²) < 4.78 is 5.06. The maximum absolute atomic E-state index is 11.5. The van der Waals surface area contributed by atoms with E-state index in [0.29, 0.717) is 5.56 Å². The number of hydrogen-bond donors (Lipinski definition) is 2. The molecule has 0 saturated carbocycles. The molecule has 1 amide bonds. The van der Waals surface area contributed by atoms with E-state index in [4.69, 9.17) is 21.4 Å². The molecule has 0 aliphatic carbocycles. The van der Waals surface area contributed by atoms with E-state index >= 15 is 0 Å². The summed E-state index contributed by atoms with van der Waals surface area (Å²) in [7, 11) is 0. The SMILES string of the molecule is CC(C)(C)OC(=O)NCc1cccc(Cl)c1C(=O)O. The Morgan fingerprint density at radius 3 is 2.53 bits per heavy atom. The summed E-state index contributed by atoms with van der Waals surface area (Å²) in [5.41, 5.74) is -0.195. The summed E-state index contributed by atoms with van der Waals surface area (Å²) in [4.78, 5) is 22.6. The molecular formula is C13H16ClNO4. The van der Waals surface area contributed by atoms with Crippen LogP contribution in [0.5, 0.6) is 0 Å². The molecule has 0 fully saturated rings. The molecule has 0 heterocycles. The number of hydrogen-bond acceptors (Lipinski definition) is 3. The molecule has 0 spiro atoms. The molecule has 0 saturated heterocycles. The average Bonchev–Trinajstić information content (AvgIpc) is 2.23. The number of benzene rings is 1. The molecular weight excluding hydrogens is 270 g/mol. The number of halogens is 1. The van der Waals surface area contributed by atoms with Gasteiger partial charge in [-0.25, -0.2) is 9.59 Å². The van der Waals surface area contributed by atoms with E-state index in [-0.39, 0.29) is 17.1 Å². The van der Waals surface area contributed by atoms with Gasteiger partial charge in [0.05, 0.1) is 10.6 Å². The van der Waals surface area contributed by atoms with Crippen molar-refractivity contribution in [3.05, 3.63) is 34.3 Å². The highest BCUT2D eigenvalue weighted by molar-refractivity contribution is 6.33. The van der Waals surface area contributed by atoms with E-state index < -0.39 is 17.7 Å². The van der Waals surface area contributed by atoms with Gasteiger partial charge in [0.15, 0.2) is 0 Å². The van der Waals surface area contributed by atoms with Crippen LogP contribution in [0.25, 0.3) is 0 Å². The smallest absolute Gasteiger partial charge is 0.407 e. The number of carboxylic acid groups (broad SMARTS) is 1. The molecule has 0 aromatic heterocycles. The average molecular weight is 286 g/mol. The van der Waals surface area contributed by atoms with Crippen molar-refractivity contribution in [2.75, 3.05) is 0 Å². The zero-order chi connectivity index (χ0) is 14.6. The Hall–Kier alpha value is -1.75. The van der Waals surface area contributed by atoms with Gasteiger partial charge in [0.1, 0.15) is 5.60 Å². The van der Waals surface area contributed by atoms with E-state index in [1.807, 2.05) is 0 Å². The zero-order valence-corrected chi connectivity index (χ0v) is 11.7. The topological polar surface area (TPSA) is 75.6 Å². The number of carbonyl (C=O) groups excluding carboxylic acids is 1. The summed E-state index contributed by atoms with van der Waals surface area (Å²) in [5, 5.41) is 11.7. The first-order valence-corrected chi connectivity index (χ1v) is 6.06. The highest BCUT2D eigenvalue weighted by Gasteiger charge is 2.18. The van der Waals surface area contributed by atoms with Gasteiger partial charge in [0.2, 0.25) is 0 Å². The van der Waals surface area contributed by atoms with Crippen LogP contribution in [0.15, 0.2) is 18.2 Å². The lowest BCUT2D eigenvalue weighted by Crippen LogP contribution is -2.32. The Labute approximate surface area is 116 Å². The second kappa shape index (κ2) is 5.93. The first-order chi connectivity index (χ1) is 8.70. The number of carboxylic acids is 1. The Kier molecular flexibility index (Phi) is 4.78. The second-order valence-electron chi connectivity index (χ2n) is 4.93. The van der Waals surface area contributed by atoms with Crippen LogP contribution < -0.4 is 5.32 Å². The van der Waals surface area contributed by atoms with Crippen molar-refractivity contribution >= 4 is 23.7 Å². The predicted molar refractivity (Wildman–Crippen MR) is 71.5 cm³/mol. The lowest BCUT2D eigenvalue weighted by molar-refractivity contribution is 0.0521. The number of carbonyl (C=O) groups is 2. The fraction of sp³-hybridized carbons (Fsp3) is 0.385. The molecule has 1 aromatic rings. The predicted octanol–water partition coefficient (Wildman–Crippen LogP) is 3.06. The molecule has 1 rings (SSSR count). The lowest BCUT2D eigenvalue weighted by atomic mass is 10.1. The van der Waals surface area contributed by atoms with Gasteiger partial charge < -0.3 is 15.2 Å². The highest BCUT2D eigenvalue weighted by atomic mass is 35.5. The van der Waals surface area contributed by atoms with Crippen molar-refractivity contribution in [3.63, 3.8) is 0 Å². The standard InChI is InChI=1S/C13H16ClNO4/c1-13(2,3)19-12(18)15-7-8-5-4-6-9(14)10(8)11(16)17/h4-6H,7H2,1-3H3,(H,15,18)(H,16,17). The van der Waals surface area contributed by atoms with Crippen molar-refractivity contribution in [3.8, 4) is 0 Å². The third-order valence-electron chi connectivity index (χ3n) is 2.14. The Morgan fingerprint density at radius 2 is 2.00 bits per heavy atom. The summed E-state index contributed by atoms with van der Waals surface area (Å²) in [6, 6.07) is 4.70. The van der Waals surface area contributed by atoms with Crippen molar-refractivity contribution in [1.82, 2.24) is 5.32 Å². The van der Waals surface area contributed by atoms with Crippen molar-refractivity contribution in [1.29, 1.82) is 0 Å². The molecule has 0 radical (unpaired) electrons. The van der Waals surface area contributed by atoms with E-state index in [0.717, 1.165) is 0 Å². The molecule has 0 atom stereocenters. The number of aromatic carboxylic acids is 1. The van der Waals surface area contributed by atoms with Crippen LogP contribution in [0.4, 0.5) is 4.79 Å². The van der Waals surface area contributed by atoms with Crippen molar-refractivity contribution in [2.45, 2.75) is 32.9 Å². The Morgan fingerprint density at radius 1 is 1.37 bits per heavy atom. The molecule has 1 aromatic carbocycles. The number of amides is 1. The largest absolute Gasteiger partial charge is 0.478 e. The third kappa shape index (κ3) is 4.79. The minimum atomic E-state index is -1.13. The van der Waals surface area contributed by atoms with Gasteiger partial charge in [0, 0.05) is 6.54 Å². The van der Waals surface area contributed by atoms with E-state index in [9.17, 15) is 9.59 Å². The fourth-order valence-electron chi connectivity index (χ4n) is 1.44. The van der Waals surface area contributed by atoms with Crippen molar-refractivity contribution in [2.24, 2.45) is 0 Å². The third-order valence-corrected chi connectivity index (χ3v) is 2.45. The van der Waals surface area contributed by atoms with Crippen LogP contribution in [0.1, 0.15) is 36.7 Å². The molecule has 0 aliphatic heterocycles. The van der Waals surface area contributed by atoms with E-state index in [1.54, 1.807) is 32.9 Å². The van der Waals surface area contributed by atoms with Crippen LogP contribution >= 0.6 is 11.6 Å². The number of rotatable bonds is 3. The summed E-state index contributed by atoms with van der Waals surface area (Å²) in [5.74, 6) is -1.13. The van der Waals surface area contributed by atoms with Gasteiger partial charge in [-0.3, -0.25) is 0 Å². The fourth-order valence-corrected chi connectivity index (χ4v) is 1.71. The molecule has 0 bridgehead atoms. The summed E-state index contributed by atoms with van der Waals surface area (Å²) in [6.45, 7) is 5.27. The molecule has 0 aliphatic rings. The quantitative estimate of drug-likeness (QED) is 0.895. The molecule has 5 nitrogen and oxygen atoms in total. The molecule has 6 heteroatoms. The minimum absolute atomic E-state index is 0.0137. The first kappa shape index (κ1) is 15.3. The first-order valence-electron chi connectivity index (χ1n) is 5.68. The van der Waals surface area contributed by atoms with Gasteiger partial charge >= 0.3 is 12.1 Å². The van der Waals surface area contributed by atoms with Crippen LogP contribution in [0.3, 0.4) is 0 Å². The zero-order valence-electron chi connectivity index (χ0n) is 11.0. The summed E-state index contributed by atoms with van der Waals surface area (Å²) >= 11 is 5.82. The van der Waals surface area contributed by atoms with Crippen molar-refractivity contribution < 1.29 is 19.4 Å². The number of ether oxygens (including phenoxy) is 1. The minimum Gasteiger partial charge on any atom is -0.478 e. The summed E-state index contributed by atoms with van der Waals surface area (Å²) in [6.07, 6.45) is -0.608. The molecule has 0 unspecified atom stereocenters. The van der Waals surface area contributed by atoms with Crippen LogP contribution in [-0.4, -0.2) is 22.8 Å². The number of nitrogens with one attached hydrogen (secondary N) is 1. The van der Waals surface area contributed by atoms with Crippen LogP contribution in [-0.2, 0) is 11.3 Å². The molecule has 19 heavy (non-hydrogen) atoms. The van der Waals surface area contributed by atoms with Gasteiger partial charge in [-0.15, -0.1) is 0 Å². The number of alkyl carbamates (subject to hydrolysis) is 1. The second-order valence-corrected chi connectivity index (χ2v) is 5.34. The Balaban J connectivity index is 2.76. The Bertz CT molecular complexity index is 494. The maximum atomic E-state index is 11.5. The van der Waals surface area contributed by atoms with Gasteiger partial charge in [-0.1, -0.05) is 23.7 Å². The monoisotopic (exact) mass is 285 g/mol. The van der Waals surface area contributed by atoms with Gasteiger partial charge in [0.25, 0.3) is 0 Å². The normalized spacial score (nSPS) is 10.9. The van der Waals surface area contributed by atoms with E-state index in [1.165, 1.54) is 6.07 Å². The lowest BCUT2D eigenvalue weighted by Gasteiger charge is -2.20. The van der Waals surface area contributed by atoms with E-state index in [2.05, 4.69) is 5.32 Å². The molecule has 104 valence electrons. The maximum Gasteiger partial charge on any atom is 0.407 e. The van der Waals surface area contributed by atoms with Crippen LogP contribution in [0.2, 0.25) is 5.02 Å². The highest BCUT2D eigenvalue weighted by Crippen LogP contribution is 2.20. The van der Waals surface area contributed by atoms with Gasteiger partial charge in [-0.2, -0.15) is 0 Å². The molecule has 2 N–H and O–H groups in total. The van der Waals surface area contributed by atoms with Crippen LogP contribution in [0, 0.1) is 0 Å². The van der Waals surface area contributed by atoms with Gasteiger partial charge in [-0.05, 0) is 32.4 Å².